The summed E-state index contributed by atoms with van der Waals surface area (Å²) in [7, 11) is 0. The van der Waals surface area contributed by atoms with Crippen LogP contribution in [0, 0.1) is 5.92 Å². The fraction of sp³-hybridized carbons (Fsp3) is 0.909. The molecule has 1 unspecified atom stereocenters. The molecule has 0 aliphatic heterocycles. The molecule has 4 nitrogen and oxygen atoms in total. The number of hydrogen-bond acceptors (Lipinski definition) is 4. The van der Waals surface area contributed by atoms with Crippen LogP contribution in [0.15, 0.2) is 0 Å². The maximum atomic E-state index is 11.7. The minimum absolute atomic E-state index is 0.0391. The highest BCUT2D eigenvalue weighted by molar-refractivity contribution is 5.69. The first-order chi connectivity index (χ1) is 12.6. The van der Waals surface area contributed by atoms with Crippen molar-refractivity contribution in [1.29, 1.82) is 0 Å². The van der Waals surface area contributed by atoms with Gasteiger partial charge in [-0.2, -0.15) is 0 Å². The van der Waals surface area contributed by atoms with E-state index in [1.807, 2.05) is 0 Å². The van der Waals surface area contributed by atoms with Crippen molar-refractivity contribution in [3.05, 3.63) is 0 Å². The van der Waals surface area contributed by atoms with Crippen LogP contribution in [0.4, 0.5) is 0 Å². The van der Waals surface area contributed by atoms with Crippen molar-refractivity contribution < 1.29 is 19.1 Å². The van der Waals surface area contributed by atoms with Crippen LogP contribution in [0.2, 0.25) is 0 Å². The number of ether oxygens (including phenoxy) is 2. The Morgan fingerprint density at radius 3 is 1.77 bits per heavy atom. The van der Waals surface area contributed by atoms with E-state index >= 15 is 0 Å². The van der Waals surface area contributed by atoms with Crippen molar-refractivity contribution in [2.45, 2.75) is 111 Å². The van der Waals surface area contributed by atoms with E-state index in [4.69, 9.17) is 9.47 Å². The number of carbonyl (C=O) groups is 2. The van der Waals surface area contributed by atoms with Gasteiger partial charge in [0.25, 0.3) is 0 Å². The number of rotatable bonds is 18. The summed E-state index contributed by atoms with van der Waals surface area (Å²) >= 11 is 0. The molecule has 0 fully saturated rings. The first-order valence-electron chi connectivity index (χ1n) is 10.9. The first kappa shape index (κ1) is 24.9. The molecule has 0 amide bonds. The van der Waals surface area contributed by atoms with Crippen LogP contribution in [-0.4, -0.2) is 25.2 Å². The van der Waals surface area contributed by atoms with Gasteiger partial charge < -0.3 is 9.47 Å². The first-order valence-corrected chi connectivity index (χ1v) is 10.9. The highest BCUT2D eigenvalue weighted by atomic mass is 16.5. The van der Waals surface area contributed by atoms with Gasteiger partial charge in [0.05, 0.1) is 13.2 Å². The topological polar surface area (TPSA) is 52.6 Å². The van der Waals surface area contributed by atoms with Crippen molar-refractivity contribution in [1.82, 2.24) is 0 Å². The molecule has 0 aliphatic rings. The Hall–Kier alpha value is -1.06. The molecule has 0 aromatic rings. The molecule has 0 saturated heterocycles. The lowest BCUT2D eigenvalue weighted by molar-refractivity contribution is -0.145. The van der Waals surface area contributed by atoms with E-state index < -0.39 is 0 Å². The molecule has 0 bridgehead atoms. The highest BCUT2D eigenvalue weighted by Gasteiger charge is 2.10. The lowest BCUT2D eigenvalue weighted by Crippen LogP contribution is -2.09. The zero-order chi connectivity index (χ0) is 19.5. The van der Waals surface area contributed by atoms with Crippen LogP contribution in [0.1, 0.15) is 111 Å². The van der Waals surface area contributed by atoms with Gasteiger partial charge in [-0.25, -0.2) is 0 Å². The Morgan fingerprint density at radius 2 is 1.19 bits per heavy atom. The summed E-state index contributed by atoms with van der Waals surface area (Å²) in [5, 5.41) is 0. The molecule has 0 spiro atoms. The van der Waals surface area contributed by atoms with E-state index in [0.29, 0.717) is 32.0 Å². The van der Waals surface area contributed by atoms with Gasteiger partial charge in [-0.05, 0) is 31.6 Å². The number of carbonyl (C=O) groups excluding carboxylic acids is 2. The molecule has 0 rings (SSSR count). The number of hydrogen-bond donors (Lipinski definition) is 0. The number of unbranched alkanes of at least 4 members (excludes halogenated alkanes) is 6. The predicted octanol–water partition coefficient (Wildman–Crippen LogP) is 6.21. The van der Waals surface area contributed by atoms with E-state index in [1.54, 1.807) is 0 Å². The maximum Gasteiger partial charge on any atom is 0.305 e. The molecule has 154 valence electrons. The maximum absolute atomic E-state index is 11.7. The number of esters is 2. The summed E-state index contributed by atoms with van der Waals surface area (Å²) < 4.78 is 10.4. The van der Waals surface area contributed by atoms with Gasteiger partial charge in [0.1, 0.15) is 0 Å². The highest BCUT2D eigenvalue weighted by Crippen LogP contribution is 2.20. The molecule has 0 heterocycles. The minimum atomic E-state index is -0.0460. The zero-order valence-electron chi connectivity index (χ0n) is 17.5. The Labute approximate surface area is 161 Å². The summed E-state index contributed by atoms with van der Waals surface area (Å²) in [5.74, 6) is 0.542. The van der Waals surface area contributed by atoms with Gasteiger partial charge in [-0.3, -0.25) is 9.59 Å². The lowest BCUT2D eigenvalue weighted by atomic mass is 9.93. The zero-order valence-corrected chi connectivity index (χ0v) is 17.5. The Balaban J connectivity index is 3.53. The van der Waals surface area contributed by atoms with Gasteiger partial charge in [0.2, 0.25) is 0 Å². The Kier molecular flexibility index (Phi) is 18.0. The molecule has 0 saturated carbocycles. The molecule has 0 radical (unpaired) electrons. The summed E-state index contributed by atoms with van der Waals surface area (Å²) in [6.07, 6.45) is 14.1. The molecule has 1 atom stereocenters. The second kappa shape index (κ2) is 18.7. The van der Waals surface area contributed by atoms with E-state index in [-0.39, 0.29) is 11.9 Å². The summed E-state index contributed by atoms with van der Waals surface area (Å²) in [5.41, 5.74) is 0. The molecule has 0 aliphatic carbocycles. The van der Waals surface area contributed by atoms with Crippen LogP contribution >= 0.6 is 0 Å². The van der Waals surface area contributed by atoms with E-state index in [2.05, 4.69) is 20.8 Å². The Bertz CT molecular complexity index is 341. The summed E-state index contributed by atoms with van der Waals surface area (Å²) in [6.45, 7) is 7.53. The second-order valence-corrected chi connectivity index (χ2v) is 7.27. The monoisotopic (exact) mass is 370 g/mol. The minimum Gasteiger partial charge on any atom is -0.466 e. The SMILES string of the molecule is CCCCOC(=O)CCCCCCCC(CC)CCC(=O)OCCCC. The average molecular weight is 371 g/mol. The molecule has 0 aromatic heterocycles. The van der Waals surface area contributed by atoms with Crippen molar-refractivity contribution in [3.8, 4) is 0 Å². The van der Waals surface area contributed by atoms with Crippen LogP contribution in [0.3, 0.4) is 0 Å². The molecule has 26 heavy (non-hydrogen) atoms. The van der Waals surface area contributed by atoms with Crippen LogP contribution < -0.4 is 0 Å². The van der Waals surface area contributed by atoms with Crippen LogP contribution in [0.5, 0.6) is 0 Å². The van der Waals surface area contributed by atoms with Crippen molar-refractivity contribution in [3.63, 3.8) is 0 Å². The van der Waals surface area contributed by atoms with Gasteiger partial charge in [-0.15, -0.1) is 0 Å². The third-order valence-electron chi connectivity index (χ3n) is 4.85. The smallest absolute Gasteiger partial charge is 0.305 e. The largest absolute Gasteiger partial charge is 0.466 e. The second-order valence-electron chi connectivity index (χ2n) is 7.27. The van der Waals surface area contributed by atoms with Crippen molar-refractivity contribution in [2.75, 3.05) is 13.2 Å². The van der Waals surface area contributed by atoms with Crippen molar-refractivity contribution in [2.24, 2.45) is 5.92 Å². The van der Waals surface area contributed by atoms with Gasteiger partial charge >= 0.3 is 11.9 Å². The molecular weight excluding hydrogens is 328 g/mol. The molecule has 0 aromatic carbocycles. The fourth-order valence-electron chi connectivity index (χ4n) is 2.91. The predicted molar refractivity (Wildman–Crippen MR) is 107 cm³/mol. The normalized spacial score (nSPS) is 12.0. The van der Waals surface area contributed by atoms with E-state index in [0.717, 1.165) is 51.4 Å². The van der Waals surface area contributed by atoms with Gasteiger partial charge in [-0.1, -0.05) is 72.1 Å². The van der Waals surface area contributed by atoms with E-state index in [1.165, 1.54) is 25.7 Å². The van der Waals surface area contributed by atoms with Gasteiger partial charge in [0.15, 0.2) is 0 Å². The lowest BCUT2D eigenvalue weighted by Gasteiger charge is -2.14. The molecule has 4 heteroatoms. The molecular formula is C22H42O4. The molecule has 0 N–H and O–H groups in total. The summed E-state index contributed by atoms with van der Waals surface area (Å²) in [4.78, 5) is 23.1. The van der Waals surface area contributed by atoms with Crippen LogP contribution in [-0.2, 0) is 19.1 Å². The van der Waals surface area contributed by atoms with Gasteiger partial charge in [0, 0.05) is 12.8 Å². The van der Waals surface area contributed by atoms with Crippen molar-refractivity contribution >= 4 is 11.9 Å². The fourth-order valence-corrected chi connectivity index (χ4v) is 2.91. The standard InChI is InChI=1S/C22H42O4/c1-4-7-18-25-21(23)15-13-11-9-10-12-14-20(6-3)16-17-22(24)26-19-8-5-2/h20H,4-19H2,1-3H3. The summed E-state index contributed by atoms with van der Waals surface area (Å²) in [6, 6.07) is 0. The average Bonchev–Trinajstić information content (AvgIpc) is 2.63. The third-order valence-corrected chi connectivity index (χ3v) is 4.85. The quantitative estimate of drug-likeness (QED) is 0.212. The van der Waals surface area contributed by atoms with Crippen LogP contribution in [0.25, 0.3) is 0 Å². The third kappa shape index (κ3) is 16.4. The Morgan fingerprint density at radius 1 is 0.654 bits per heavy atom. The van der Waals surface area contributed by atoms with E-state index in [9.17, 15) is 9.59 Å².